The van der Waals surface area contributed by atoms with E-state index in [-0.39, 0.29) is 30.5 Å². The number of aliphatic imine (C=N–C) groups is 1. The highest BCUT2D eigenvalue weighted by Crippen LogP contribution is 2.29. The molecule has 2 aromatic rings. The van der Waals surface area contributed by atoms with Crippen molar-refractivity contribution in [2.75, 3.05) is 53.5 Å². The SMILES string of the molecule is CCNC(=NCC(O)c1cc(OC)ccc1OC)N1CCN(Cc2ccon2)CC1.I. The van der Waals surface area contributed by atoms with Gasteiger partial charge in [0, 0.05) is 50.9 Å². The number of nitrogens with one attached hydrogen (secondary N) is 1. The number of rotatable bonds is 8. The standard InChI is InChI=1S/C21H31N5O4.HI/c1-4-22-21(26-10-8-25(9-11-26)15-16-7-12-30-24-16)23-14-19(27)18-13-17(28-2)5-6-20(18)29-3;/h5-7,12-13,19,27H,4,8-11,14-15H2,1-3H3,(H,22,23);1H. The molecule has 0 aliphatic carbocycles. The Morgan fingerprint density at radius 3 is 2.61 bits per heavy atom. The molecule has 2 N–H and O–H groups in total. The zero-order chi connectivity index (χ0) is 21.3. The van der Waals surface area contributed by atoms with Crippen LogP contribution in [-0.2, 0) is 6.54 Å². The molecule has 1 aliphatic rings. The minimum absolute atomic E-state index is 0. The van der Waals surface area contributed by atoms with E-state index in [1.54, 1.807) is 38.7 Å². The molecule has 172 valence electrons. The van der Waals surface area contributed by atoms with E-state index in [9.17, 15) is 5.11 Å². The van der Waals surface area contributed by atoms with Crippen molar-refractivity contribution in [1.29, 1.82) is 0 Å². The van der Waals surface area contributed by atoms with E-state index in [2.05, 4.69) is 25.3 Å². The van der Waals surface area contributed by atoms with E-state index in [1.165, 1.54) is 0 Å². The summed E-state index contributed by atoms with van der Waals surface area (Å²) < 4.78 is 15.6. The van der Waals surface area contributed by atoms with Gasteiger partial charge in [0.25, 0.3) is 0 Å². The summed E-state index contributed by atoms with van der Waals surface area (Å²) in [6, 6.07) is 7.28. The molecule has 1 aromatic heterocycles. The van der Waals surface area contributed by atoms with E-state index in [0.717, 1.165) is 50.9 Å². The van der Waals surface area contributed by atoms with Crippen LogP contribution in [0.2, 0.25) is 0 Å². The molecule has 0 amide bonds. The predicted molar refractivity (Wildman–Crippen MR) is 129 cm³/mol. The number of nitrogens with zero attached hydrogens (tertiary/aromatic N) is 4. The summed E-state index contributed by atoms with van der Waals surface area (Å²) in [4.78, 5) is 9.25. The molecule has 1 atom stereocenters. The third-order valence-electron chi connectivity index (χ3n) is 5.09. The summed E-state index contributed by atoms with van der Waals surface area (Å²) in [6.45, 7) is 7.32. The van der Waals surface area contributed by atoms with Gasteiger partial charge in [-0.1, -0.05) is 5.16 Å². The van der Waals surface area contributed by atoms with Gasteiger partial charge in [-0.25, -0.2) is 0 Å². The summed E-state index contributed by atoms with van der Waals surface area (Å²) in [5.74, 6) is 2.09. The molecular weight excluding hydrogens is 513 g/mol. The number of aliphatic hydroxyl groups is 1. The molecular formula is C21H32IN5O4. The third kappa shape index (κ3) is 6.97. The van der Waals surface area contributed by atoms with Crippen LogP contribution in [0.25, 0.3) is 0 Å². The van der Waals surface area contributed by atoms with Crippen molar-refractivity contribution in [3.8, 4) is 11.5 Å². The Morgan fingerprint density at radius 2 is 2.00 bits per heavy atom. The van der Waals surface area contributed by atoms with Crippen LogP contribution in [0.4, 0.5) is 0 Å². The maximum Gasteiger partial charge on any atom is 0.194 e. The van der Waals surface area contributed by atoms with Gasteiger partial charge in [-0.05, 0) is 25.1 Å². The molecule has 0 radical (unpaired) electrons. The highest BCUT2D eigenvalue weighted by Gasteiger charge is 2.21. The largest absolute Gasteiger partial charge is 0.497 e. The molecule has 0 spiro atoms. The predicted octanol–water partition coefficient (Wildman–Crippen LogP) is 2.13. The maximum atomic E-state index is 10.7. The van der Waals surface area contributed by atoms with Gasteiger partial charge in [0.2, 0.25) is 0 Å². The van der Waals surface area contributed by atoms with Crippen LogP contribution >= 0.6 is 24.0 Å². The fraction of sp³-hybridized carbons (Fsp3) is 0.524. The van der Waals surface area contributed by atoms with Gasteiger partial charge in [0.1, 0.15) is 23.9 Å². The quantitative estimate of drug-likeness (QED) is 0.296. The van der Waals surface area contributed by atoms with Gasteiger partial charge in [-0.15, -0.1) is 24.0 Å². The first-order valence-electron chi connectivity index (χ1n) is 10.2. The summed E-state index contributed by atoms with van der Waals surface area (Å²) in [7, 11) is 3.19. The Labute approximate surface area is 200 Å². The molecule has 2 heterocycles. The van der Waals surface area contributed by atoms with Crippen LogP contribution < -0.4 is 14.8 Å². The molecule has 9 nitrogen and oxygen atoms in total. The Kier molecular flexibility index (Phi) is 10.3. The Hall–Kier alpha value is -2.05. The molecule has 1 unspecified atom stereocenters. The van der Waals surface area contributed by atoms with E-state index < -0.39 is 6.10 Å². The van der Waals surface area contributed by atoms with Crippen LogP contribution in [0, 0.1) is 0 Å². The molecule has 0 bridgehead atoms. The van der Waals surface area contributed by atoms with Gasteiger partial charge in [-0.2, -0.15) is 0 Å². The fourth-order valence-corrected chi connectivity index (χ4v) is 3.46. The molecule has 0 saturated carbocycles. The average Bonchev–Trinajstić information content (AvgIpc) is 3.29. The van der Waals surface area contributed by atoms with E-state index in [1.807, 2.05) is 13.0 Å². The zero-order valence-electron chi connectivity index (χ0n) is 18.3. The number of aliphatic hydroxyl groups excluding tert-OH is 1. The number of aromatic nitrogens is 1. The number of piperazine rings is 1. The maximum absolute atomic E-state index is 10.7. The lowest BCUT2D eigenvalue weighted by Crippen LogP contribution is -2.52. The first-order valence-corrected chi connectivity index (χ1v) is 10.2. The van der Waals surface area contributed by atoms with E-state index in [4.69, 9.17) is 14.0 Å². The zero-order valence-corrected chi connectivity index (χ0v) is 20.6. The van der Waals surface area contributed by atoms with Gasteiger partial charge in [-0.3, -0.25) is 9.89 Å². The first-order chi connectivity index (χ1) is 14.6. The summed E-state index contributed by atoms with van der Waals surface area (Å²) in [5.41, 5.74) is 1.60. The highest BCUT2D eigenvalue weighted by molar-refractivity contribution is 14.0. The van der Waals surface area contributed by atoms with Crippen molar-refractivity contribution in [2.45, 2.75) is 19.6 Å². The first kappa shape index (κ1) is 25.2. The molecule has 3 rings (SSSR count). The van der Waals surface area contributed by atoms with Gasteiger partial charge < -0.3 is 29.3 Å². The molecule has 1 fully saturated rings. The van der Waals surface area contributed by atoms with Crippen molar-refractivity contribution in [3.05, 3.63) is 41.8 Å². The fourth-order valence-electron chi connectivity index (χ4n) is 3.46. The highest BCUT2D eigenvalue weighted by atomic mass is 127. The van der Waals surface area contributed by atoms with Gasteiger partial charge in [0.15, 0.2) is 5.96 Å². The number of ether oxygens (including phenoxy) is 2. The second kappa shape index (κ2) is 12.7. The van der Waals surface area contributed by atoms with Crippen molar-refractivity contribution in [1.82, 2.24) is 20.3 Å². The van der Waals surface area contributed by atoms with Crippen molar-refractivity contribution in [2.24, 2.45) is 4.99 Å². The number of hydrogen-bond donors (Lipinski definition) is 2. The Morgan fingerprint density at radius 1 is 1.23 bits per heavy atom. The third-order valence-corrected chi connectivity index (χ3v) is 5.09. The number of guanidine groups is 1. The molecule has 31 heavy (non-hydrogen) atoms. The van der Waals surface area contributed by atoms with E-state index in [0.29, 0.717) is 17.1 Å². The lowest BCUT2D eigenvalue weighted by Gasteiger charge is -2.36. The minimum Gasteiger partial charge on any atom is -0.497 e. The molecule has 10 heteroatoms. The molecule has 1 aliphatic heterocycles. The average molecular weight is 545 g/mol. The Bertz CT molecular complexity index is 810. The smallest absolute Gasteiger partial charge is 0.194 e. The topological polar surface area (TPSA) is 95.6 Å². The second-order valence-corrected chi connectivity index (χ2v) is 7.07. The van der Waals surface area contributed by atoms with Crippen LogP contribution in [0.3, 0.4) is 0 Å². The monoisotopic (exact) mass is 545 g/mol. The summed E-state index contributed by atoms with van der Waals surface area (Å²) in [6.07, 6.45) is 0.807. The number of benzene rings is 1. The second-order valence-electron chi connectivity index (χ2n) is 7.07. The normalized spacial score (nSPS) is 15.9. The van der Waals surface area contributed by atoms with Crippen molar-refractivity contribution < 1.29 is 19.1 Å². The van der Waals surface area contributed by atoms with Crippen LogP contribution in [0.15, 0.2) is 40.0 Å². The van der Waals surface area contributed by atoms with Crippen LogP contribution in [-0.4, -0.2) is 79.5 Å². The molecule has 1 saturated heterocycles. The number of halogens is 1. The lowest BCUT2D eigenvalue weighted by molar-refractivity contribution is 0.165. The van der Waals surface area contributed by atoms with E-state index >= 15 is 0 Å². The van der Waals surface area contributed by atoms with Gasteiger partial charge in [0.05, 0.1) is 26.5 Å². The van der Waals surface area contributed by atoms with Crippen molar-refractivity contribution in [3.63, 3.8) is 0 Å². The van der Waals surface area contributed by atoms with Crippen molar-refractivity contribution >= 4 is 29.9 Å². The summed E-state index contributed by atoms with van der Waals surface area (Å²) in [5, 5.41) is 18.1. The minimum atomic E-state index is -0.794. The van der Waals surface area contributed by atoms with Crippen LogP contribution in [0.5, 0.6) is 11.5 Å². The number of hydrogen-bond acceptors (Lipinski definition) is 7. The lowest BCUT2D eigenvalue weighted by atomic mass is 10.1. The molecule has 1 aromatic carbocycles. The van der Waals surface area contributed by atoms with Crippen LogP contribution in [0.1, 0.15) is 24.3 Å². The Balaban J connectivity index is 0.00000341. The number of methoxy groups -OCH3 is 2. The van der Waals surface area contributed by atoms with Gasteiger partial charge >= 0.3 is 0 Å². The summed E-state index contributed by atoms with van der Waals surface area (Å²) >= 11 is 0.